The molecule has 26 heavy (non-hydrogen) atoms. The summed E-state index contributed by atoms with van der Waals surface area (Å²) in [6.07, 6.45) is 1.12. The molecular weight excluding hydrogens is 344 g/mol. The Bertz CT molecular complexity index is 689. The van der Waals surface area contributed by atoms with E-state index in [9.17, 15) is 24.5 Å². The lowest BCUT2D eigenvalue weighted by molar-refractivity contribution is -0.384. The summed E-state index contributed by atoms with van der Waals surface area (Å²) in [5.41, 5.74) is 0.104. The molecule has 0 spiro atoms. The van der Waals surface area contributed by atoms with Crippen molar-refractivity contribution in [2.75, 3.05) is 0 Å². The number of Topliss-reactive ketones (excluding diaryl/α,β-unsaturated/α-hetero) is 1. The number of nitrogens with one attached hydrogen (secondary N) is 1. The number of carbonyl (C=O) groups is 3. The first kappa shape index (κ1) is 22.9. The smallest absolute Gasteiger partial charge is 0.328 e. The van der Waals surface area contributed by atoms with E-state index >= 15 is 0 Å². The van der Waals surface area contributed by atoms with Gasteiger partial charge < -0.3 is 15.5 Å². The fourth-order valence-electron chi connectivity index (χ4n) is 1.88. The molecule has 0 aliphatic rings. The predicted molar refractivity (Wildman–Crippen MR) is 94.2 cm³/mol. The molecule has 0 aromatic heterocycles. The normalized spacial score (nSPS) is 12.0. The number of nitro benzene ring substituents is 1. The van der Waals surface area contributed by atoms with Gasteiger partial charge in [0.15, 0.2) is 5.78 Å². The number of ketones is 1. The van der Waals surface area contributed by atoms with Crippen molar-refractivity contribution in [1.29, 1.82) is 0 Å². The lowest BCUT2D eigenvalue weighted by Gasteiger charge is -2.25. The van der Waals surface area contributed by atoms with Crippen LogP contribution in [0.5, 0.6) is 0 Å². The third-order valence-electron chi connectivity index (χ3n) is 2.75. The van der Waals surface area contributed by atoms with Crippen molar-refractivity contribution < 1.29 is 29.5 Å². The van der Waals surface area contributed by atoms with Crippen LogP contribution in [0.3, 0.4) is 0 Å². The summed E-state index contributed by atoms with van der Waals surface area (Å²) in [7, 11) is 0. The van der Waals surface area contributed by atoms with Gasteiger partial charge in [-0.3, -0.25) is 14.9 Å². The van der Waals surface area contributed by atoms with Crippen molar-refractivity contribution in [2.45, 2.75) is 39.3 Å². The Morgan fingerprint density at radius 2 is 1.65 bits per heavy atom. The fourth-order valence-corrected chi connectivity index (χ4v) is 1.88. The van der Waals surface area contributed by atoms with Crippen molar-refractivity contribution in [1.82, 2.24) is 5.32 Å². The van der Waals surface area contributed by atoms with Crippen molar-refractivity contribution in [3.8, 4) is 0 Å². The zero-order chi connectivity index (χ0) is 20.5. The Hall–Kier alpha value is -3.07. The van der Waals surface area contributed by atoms with E-state index in [1.165, 1.54) is 18.2 Å². The average Bonchev–Trinajstić information content (AvgIpc) is 2.51. The molecule has 0 saturated heterocycles. The lowest BCUT2D eigenvalue weighted by atomic mass is 10.0. The molecule has 0 bridgehead atoms. The van der Waals surface area contributed by atoms with E-state index in [0.29, 0.717) is 17.7 Å². The maximum absolute atomic E-state index is 12.1. The van der Waals surface area contributed by atoms with E-state index in [4.69, 9.17) is 10.2 Å². The fraction of sp³-hybridized carbons (Fsp3) is 0.353. The number of nitrogens with zero attached hydrogens (tertiary/aromatic N) is 1. The summed E-state index contributed by atoms with van der Waals surface area (Å²) >= 11 is 0. The second-order valence-electron chi connectivity index (χ2n) is 6.30. The van der Waals surface area contributed by atoms with E-state index in [1.54, 1.807) is 13.0 Å². The zero-order valence-corrected chi connectivity index (χ0v) is 14.9. The molecule has 9 nitrogen and oxygen atoms in total. The minimum atomic E-state index is -1.26. The van der Waals surface area contributed by atoms with Gasteiger partial charge in [0, 0.05) is 35.4 Å². The topological polar surface area (TPSA) is 147 Å². The number of nitro groups is 1. The SMILES string of the molecule is CC(NC(C)(C)C)C(=O)c1cccc([N+](=O)[O-])c1.O=C(O)/C=C/C(=O)O. The summed E-state index contributed by atoms with van der Waals surface area (Å²) in [4.78, 5) is 41.4. The van der Waals surface area contributed by atoms with Crippen LogP contribution in [-0.4, -0.2) is 44.4 Å². The number of rotatable bonds is 6. The molecule has 0 amide bonds. The van der Waals surface area contributed by atoms with Crippen LogP contribution < -0.4 is 5.32 Å². The third-order valence-corrected chi connectivity index (χ3v) is 2.75. The molecule has 0 radical (unpaired) electrons. The number of hydrogen-bond donors (Lipinski definition) is 3. The quantitative estimate of drug-likeness (QED) is 0.301. The number of carbonyl (C=O) groups excluding carboxylic acids is 1. The van der Waals surface area contributed by atoms with E-state index in [2.05, 4.69) is 5.32 Å². The standard InChI is InChI=1S/C13H18N2O3.C4H4O4/c1-9(14-13(2,3)4)12(16)10-6-5-7-11(8-10)15(17)18;5-3(6)1-2-4(7)8/h5-9,14H,1-4H3;1-2H,(H,5,6)(H,7,8)/b;2-1+. The molecule has 1 rings (SSSR count). The number of non-ortho nitro benzene ring substituents is 1. The molecule has 1 atom stereocenters. The monoisotopic (exact) mass is 366 g/mol. The number of hydrogen-bond acceptors (Lipinski definition) is 6. The molecule has 0 fully saturated rings. The minimum Gasteiger partial charge on any atom is -0.478 e. The van der Waals surface area contributed by atoms with Gasteiger partial charge in [0.2, 0.25) is 0 Å². The van der Waals surface area contributed by atoms with Crippen LogP contribution in [0, 0.1) is 10.1 Å². The van der Waals surface area contributed by atoms with E-state index in [1.807, 2.05) is 20.8 Å². The van der Waals surface area contributed by atoms with Crippen molar-refractivity contribution in [2.24, 2.45) is 0 Å². The molecule has 0 aliphatic carbocycles. The van der Waals surface area contributed by atoms with Crippen LogP contribution in [0.1, 0.15) is 38.1 Å². The molecule has 0 aliphatic heterocycles. The molecule has 9 heteroatoms. The van der Waals surface area contributed by atoms with E-state index in [-0.39, 0.29) is 23.1 Å². The van der Waals surface area contributed by atoms with Gasteiger partial charge in [0.1, 0.15) is 0 Å². The Morgan fingerprint density at radius 1 is 1.15 bits per heavy atom. The van der Waals surface area contributed by atoms with Crippen LogP contribution in [-0.2, 0) is 9.59 Å². The van der Waals surface area contributed by atoms with Gasteiger partial charge in [-0.1, -0.05) is 12.1 Å². The average molecular weight is 366 g/mol. The van der Waals surface area contributed by atoms with Gasteiger partial charge in [0.05, 0.1) is 11.0 Å². The molecule has 142 valence electrons. The van der Waals surface area contributed by atoms with Gasteiger partial charge in [-0.15, -0.1) is 0 Å². The zero-order valence-electron chi connectivity index (χ0n) is 14.9. The van der Waals surface area contributed by atoms with Crippen LogP contribution in [0.2, 0.25) is 0 Å². The Morgan fingerprint density at radius 3 is 2.04 bits per heavy atom. The largest absolute Gasteiger partial charge is 0.478 e. The molecular formula is C17H22N2O7. The first-order valence-corrected chi connectivity index (χ1v) is 7.54. The Kier molecular flexibility index (Phi) is 8.86. The maximum Gasteiger partial charge on any atom is 0.328 e. The highest BCUT2D eigenvalue weighted by atomic mass is 16.6. The summed E-state index contributed by atoms with van der Waals surface area (Å²) in [5, 5.41) is 29.4. The molecule has 3 N–H and O–H groups in total. The second-order valence-corrected chi connectivity index (χ2v) is 6.30. The second kappa shape index (κ2) is 10.0. The van der Waals surface area contributed by atoms with E-state index in [0.717, 1.165) is 0 Å². The van der Waals surface area contributed by atoms with Crippen LogP contribution in [0.4, 0.5) is 5.69 Å². The summed E-state index contributed by atoms with van der Waals surface area (Å²) in [6, 6.07) is 5.42. The summed E-state index contributed by atoms with van der Waals surface area (Å²) < 4.78 is 0. The van der Waals surface area contributed by atoms with Crippen molar-refractivity contribution >= 4 is 23.4 Å². The summed E-state index contributed by atoms with van der Waals surface area (Å²) in [5.74, 6) is -2.66. The Balaban J connectivity index is 0.000000660. The summed E-state index contributed by atoms with van der Waals surface area (Å²) in [6.45, 7) is 7.64. The number of benzene rings is 1. The maximum atomic E-state index is 12.1. The third kappa shape index (κ3) is 9.93. The Labute approximate surface area is 150 Å². The van der Waals surface area contributed by atoms with Crippen LogP contribution >= 0.6 is 0 Å². The number of aliphatic carboxylic acids is 2. The van der Waals surface area contributed by atoms with Gasteiger partial charge in [-0.05, 0) is 27.7 Å². The number of carboxylic acids is 2. The molecule has 0 heterocycles. The van der Waals surface area contributed by atoms with Gasteiger partial charge in [-0.2, -0.15) is 0 Å². The first-order valence-electron chi connectivity index (χ1n) is 7.54. The highest BCUT2D eigenvalue weighted by Gasteiger charge is 2.21. The molecule has 1 unspecified atom stereocenters. The van der Waals surface area contributed by atoms with Gasteiger partial charge >= 0.3 is 11.9 Å². The van der Waals surface area contributed by atoms with Crippen molar-refractivity contribution in [3.05, 3.63) is 52.1 Å². The van der Waals surface area contributed by atoms with E-state index < -0.39 is 16.9 Å². The van der Waals surface area contributed by atoms with Gasteiger partial charge in [-0.25, -0.2) is 9.59 Å². The molecule has 1 aromatic rings. The highest BCUT2D eigenvalue weighted by molar-refractivity contribution is 6.00. The van der Waals surface area contributed by atoms with Crippen LogP contribution in [0.25, 0.3) is 0 Å². The highest BCUT2D eigenvalue weighted by Crippen LogP contribution is 2.15. The van der Waals surface area contributed by atoms with Crippen LogP contribution in [0.15, 0.2) is 36.4 Å². The minimum absolute atomic E-state index is 0.0659. The lowest BCUT2D eigenvalue weighted by Crippen LogP contribution is -2.46. The first-order chi connectivity index (χ1) is 11.8. The number of carboxylic acid groups (broad SMARTS) is 2. The van der Waals surface area contributed by atoms with Gasteiger partial charge in [0.25, 0.3) is 5.69 Å². The predicted octanol–water partition coefficient (Wildman–Crippen LogP) is 2.27. The van der Waals surface area contributed by atoms with Crippen molar-refractivity contribution in [3.63, 3.8) is 0 Å². The molecule has 0 saturated carbocycles. The molecule has 1 aromatic carbocycles.